The minimum atomic E-state index is -0.176. The van der Waals surface area contributed by atoms with Crippen LogP contribution in [0, 0.1) is 5.92 Å². The SMILES string of the molecule is CCCC(C)COc1ccc([C@H](CN2CCCC2)NC(=O)[C@@H](C)c2ccccc2)cc1. The first-order chi connectivity index (χ1) is 15.1. The maximum absolute atomic E-state index is 13.1. The third kappa shape index (κ3) is 7.10. The molecule has 1 aliphatic rings. The van der Waals surface area contributed by atoms with Crippen LogP contribution in [0.3, 0.4) is 0 Å². The number of rotatable bonds is 11. The van der Waals surface area contributed by atoms with Crippen molar-refractivity contribution in [2.24, 2.45) is 5.92 Å². The van der Waals surface area contributed by atoms with Crippen molar-refractivity contribution in [3.8, 4) is 5.75 Å². The molecule has 168 valence electrons. The van der Waals surface area contributed by atoms with Gasteiger partial charge >= 0.3 is 0 Å². The molecule has 3 atom stereocenters. The molecule has 0 bridgehead atoms. The number of likely N-dealkylation sites (tertiary alicyclic amines) is 1. The lowest BCUT2D eigenvalue weighted by molar-refractivity contribution is -0.123. The Balaban J connectivity index is 1.67. The third-order valence-corrected chi connectivity index (χ3v) is 6.25. The normalized spacial score (nSPS) is 17.1. The Labute approximate surface area is 188 Å². The fraction of sp³-hybridized carbons (Fsp3) is 0.519. The van der Waals surface area contributed by atoms with E-state index in [1.165, 1.54) is 25.7 Å². The van der Waals surface area contributed by atoms with Crippen LogP contribution in [-0.2, 0) is 4.79 Å². The van der Waals surface area contributed by atoms with Crippen molar-refractivity contribution in [1.82, 2.24) is 10.2 Å². The van der Waals surface area contributed by atoms with Crippen LogP contribution in [0.5, 0.6) is 5.75 Å². The van der Waals surface area contributed by atoms with Gasteiger partial charge in [-0.1, -0.05) is 62.7 Å². The second kappa shape index (κ2) is 11.9. The van der Waals surface area contributed by atoms with Gasteiger partial charge in [-0.25, -0.2) is 0 Å². The van der Waals surface area contributed by atoms with E-state index in [1.807, 2.05) is 49.4 Å². The summed E-state index contributed by atoms with van der Waals surface area (Å²) in [5.41, 5.74) is 2.18. The molecule has 0 radical (unpaired) electrons. The first kappa shape index (κ1) is 23.3. The van der Waals surface area contributed by atoms with Gasteiger partial charge in [-0.05, 0) is 68.5 Å². The van der Waals surface area contributed by atoms with Gasteiger partial charge in [0.15, 0.2) is 0 Å². The zero-order valence-corrected chi connectivity index (χ0v) is 19.3. The Morgan fingerprint density at radius 2 is 1.68 bits per heavy atom. The molecule has 3 rings (SSSR count). The summed E-state index contributed by atoms with van der Waals surface area (Å²) in [6, 6.07) is 18.3. The average Bonchev–Trinajstić information content (AvgIpc) is 3.31. The van der Waals surface area contributed by atoms with Gasteiger partial charge in [0.25, 0.3) is 0 Å². The Morgan fingerprint density at radius 3 is 2.32 bits per heavy atom. The minimum absolute atomic E-state index is 0.0233. The maximum Gasteiger partial charge on any atom is 0.227 e. The molecule has 1 unspecified atom stereocenters. The number of ether oxygens (including phenoxy) is 1. The van der Waals surface area contributed by atoms with Crippen LogP contribution in [0.4, 0.5) is 0 Å². The highest BCUT2D eigenvalue weighted by molar-refractivity contribution is 5.83. The second-order valence-corrected chi connectivity index (χ2v) is 8.98. The predicted octanol–water partition coefficient (Wildman–Crippen LogP) is 5.56. The van der Waals surface area contributed by atoms with Crippen molar-refractivity contribution in [2.45, 2.75) is 58.4 Å². The highest BCUT2D eigenvalue weighted by Crippen LogP contribution is 2.23. The molecule has 1 amide bonds. The monoisotopic (exact) mass is 422 g/mol. The molecule has 1 heterocycles. The van der Waals surface area contributed by atoms with E-state index in [1.54, 1.807) is 0 Å². The molecule has 0 saturated carbocycles. The Bertz CT molecular complexity index is 785. The third-order valence-electron chi connectivity index (χ3n) is 6.25. The topological polar surface area (TPSA) is 41.6 Å². The van der Waals surface area contributed by atoms with Gasteiger partial charge in [0.1, 0.15) is 5.75 Å². The van der Waals surface area contributed by atoms with Crippen molar-refractivity contribution in [3.63, 3.8) is 0 Å². The van der Waals surface area contributed by atoms with Gasteiger partial charge < -0.3 is 15.0 Å². The summed E-state index contributed by atoms with van der Waals surface area (Å²) in [5.74, 6) is 1.36. The first-order valence-electron chi connectivity index (χ1n) is 11.9. The number of carbonyl (C=O) groups is 1. The van der Waals surface area contributed by atoms with Crippen LogP contribution < -0.4 is 10.1 Å². The largest absolute Gasteiger partial charge is 0.493 e. The van der Waals surface area contributed by atoms with E-state index in [-0.39, 0.29) is 17.9 Å². The molecule has 1 fully saturated rings. The zero-order chi connectivity index (χ0) is 22.1. The highest BCUT2D eigenvalue weighted by atomic mass is 16.5. The van der Waals surface area contributed by atoms with Crippen LogP contribution in [0.25, 0.3) is 0 Å². The number of carbonyl (C=O) groups excluding carboxylic acids is 1. The van der Waals surface area contributed by atoms with E-state index in [0.29, 0.717) is 5.92 Å². The van der Waals surface area contributed by atoms with Gasteiger partial charge in [-0.15, -0.1) is 0 Å². The maximum atomic E-state index is 13.1. The molecule has 0 aromatic heterocycles. The standard InChI is InChI=1S/C27H38N2O2/c1-4-10-21(2)20-31-25-15-13-24(14-16-25)26(19-29-17-8-9-18-29)28-27(30)22(3)23-11-6-5-7-12-23/h5-7,11-16,21-22,26H,4,8-10,17-20H2,1-3H3,(H,28,30)/t21?,22-,26-/m0/s1. The molecular formula is C27H38N2O2. The van der Waals surface area contributed by atoms with E-state index in [0.717, 1.165) is 43.1 Å². The summed E-state index contributed by atoms with van der Waals surface area (Å²) < 4.78 is 5.97. The lowest BCUT2D eigenvalue weighted by atomic mass is 9.99. The van der Waals surface area contributed by atoms with Crippen molar-refractivity contribution in [1.29, 1.82) is 0 Å². The highest BCUT2D eigenvalue weighted by Gasteiger charge is 2.23. The number of nitrogens with zero attached hydrogens (tertiary/aromatic N) is 1. The summed E-state index contributed by atoms with van der Waals surface area (Å²) >= 11 is 0. The summed E-state index contributed by atoms with van der Waals surface area (Å²) in [6.07, 6.45) is 4.85. The van der Waals surface area contributed by atoms with Crippen molar-refractivity contribution in [2.75, 3.05) is 26.2 Å². The molecule has 1 N–H and O–H groups in total. The molecule has 0 aliphatic carbocycles. The smallest absolute Gasteiger partial charge is 0.227 e. The Morgan fingerprint density at radius 1 is 1.00 bits per heavy atom. The van der Waals surface area contributed by atoms with Crippen LogP contribution in [0.2, 0.25) is 0 Å². The summed E-state index contributed by atoms with van der Waals surface area (Å²) in [7, 11) is 0. The van der Waals surface area contributed by atoms with Gasteiger partial charge in [0, 0.05) is 6.54 Å². The van der Waals surface area contributed by atoms with Crippen LogP contribution in [0.15, 0.2) is 54.6 Å². The molecule has 1 saturated heterocycles. The number of hydrogen-bond acceptors (Lipinski definition) is 3. The van der Waals surface area contributed by atoms with E-state index in [4.69, 9.17) is 4.74 Å². The van der Waals surface area contributed by atoms with Crippen LogP contribution in [-0.4, -0.2) is 37.0 Å². The lowest BCUT2D eigenvalue weighted by Crippen LogP contribution is -2.38. The first-order valence-corrected chi connectivity index (χ1v) is 11.9. The minimum Gasteiger partial charge on any atom is -0.493 e. The Kier molecular flexibility index (Phi) is 8.96. The fourth-order valence-electron chi connectivity index (χ4n) is 4.26. The molecule has 1 aliphatic heterocycles. The Hall–Kier alpha value is -2.33. The van der Waals surface area contributed by atoms with E-state index in [9.17, 15) is 4.79 Å². The van der Waals surface area contributed by atoms with E-state index < -0.39 is 0 Å². The van der Waals surface area contributed by atoms with Gasteiger partial charge in [-0.2, -0.15) is 0 Å². The molecule has 2 aromatic carbocycles. The number of benzene rings is 2. The summed E-state index contributed by atoms with van der Waals surface area (Å²) in [6.45, 7) is 10.2. The van der Waals surface area contributed by atoms with Crippen molar-refractivity contribution >= 4 is 5.91 Å². The van der Waals surface area contributed by atoms with Crippen LogP contribution in [0.1, 0.15) is 69.5 Å². The molecule has 4 heteroatoms. The summed E-state index contributed by atoms with van der Waals surface area (Å²) in [5, 5.41) is 3.32. The van der Waals surface area contributed by atoms with E-state index in [2.05, 4.69) is 36.2 Å². The fourth-order valence-corrected chi connectivity index (χ4v) is 4.26. The van der Waals surface area contributed by atoms with Gasteiger partial charge in [0.05, 0.1) is 18.6 Å². The molecular weight excluding hydrogens is 384 g/mol. The number of amides is 1. The molecule has 4 nitrogen and oxygen atoms in total. The van der Waals surface area contributed by atoms with Crippen molar-refractivity contribution in [3.05, 3.63) is 65.7 Å². The molecule has 0 spiro atoms. The van der Waals surface area contributed by atoms with E-state index >= 15 is 0 Å². The molecule has 31 heavy (non-hydrogen) atoms. The van der Waals surface area contributed by atoms with Gasteiger partial charge in [0.2, 0.25) is 5.91 Å². The number of hydrogen-bond donors (Lipinski definition) is 1. The lowest BCUT2D eigenvalue weighted by Gasteiger charge is -2.26. The predicted molar refractivity (Wildman–Crippen MR) is 127 cm³/mol. The quantitative estimate of drug-likeness (QED) is 0.515. The van der Waals surface area contributed by atoms with Crippen molar-refractivity contribution < 1.29 is 9.53 Å². The van der Waals surface area contributed by atoms with Gasteiger partial charge in [-0.3, -0.25) is 4.79 Å². The molecule has 2 aromatic rings. The van der Waals surface area contributed by atoms with Crippen LogP contribution >= 0.6 is 0 Å². The number of nitrogens with one attached hydrogen (secondary N) is 1. The average molecular weight is 423 g/mol. The summed E-state index contributed by atoms with van der Waals surface area (Å²) in [4.78, 5) is 15.5. The second-order valence-electron chi connectivity index (χ2n) is 8.98. The zero-order valence-electron chi connectivity index (χ0n) is 19.3.